The van der Waals surface area contributed by atoms with Gasteiger partial charge in [-0.3, -0.25) is 9.59 Å². The third kappa shape index (κ3) is 13.7. The van der Waals surface area contributed by atoms with Crippen molar-refractivity contribution in [3.8, 4) is 0 Å². The number of hydrogen-bond donors (Lipinski definition) is 8. The van der Waals surface area contributed by atoms with E-state index in [0.29, 0.717) is 6.42 Å². The first-order valence-corrected chi connectivity index (χ1v) is 16.5. The van der Waals surface area contributed by atoms with Crippen LogP contribution in [0.1, 0.15) is 110 Å². The minimum atomic E-state index is -1.61. The first-order valence-electron chi connectivity index (χ1n) is 16.5. The summed E-state index contributed by atoms with van der Waals surface area (Å²) in [5.74, 6) is 0.154. The van der Waals surface area contributed by atoms with E-state index in [9.17, 15) is 40.2 Å². The molecule has 2 aliphatic rings. The topological polar surface area (TPSA) is 198 Å². The molecule has 2 fully saturated rings. The van der Waals surface area contributed by atoms with Gasteiger partial charge in [0.2, 0.25) is 11.8 Å². The number of amides is 2. The summed E-state index contributed by atoms with van der Waals surface area (Å²) in [4.78, 5) is 24.8. The van der Waals surface area contributed by atoms with Crippen molar-refractivity contribution in [1.29, 1.82) is 0 Å². The van der Waals surface area contributed by atoms with Crippen molar-refractivity contribution in [2.45, 2.75) is 159 Å². The Bertz CT molecular complexity index is 767. The number of rotatable bonds is 21. The van der Waals surface area contributed by atoms with E-state index < -0.39 is 55.6 Å². The van der Waals surface area contributed by atoms with E-state index >= 15 is 0 Å². The van der Waals surface area contributed by atoms with Crippen LogP contribution in [0.5, 0.6) is 0 Å². The van der Waals surface area contributed by atoms with Crippen LogP contribution in [0.2, 0.25) is 0 Å². The lowest BCUT2D eigenvalue weighted by Gasteiger charge is -2.40. The second-order valence-electron chi connectivity index (χ2n) is 12.2. The normalized spacial score (nSPS) is 26.9. The van der Waals surface area contributed by atoms with Crippen LogP contribution in [0.3, 0.4) is 0 Å². The monoisotopic (exact) mass is 618 g/mol. The number of carbonyl (C=O) groups excluding carboxylic acids is 2. The van der Waals surface area contributed by atoms with Crippen LogP contribution in [0.4, 0.5) is 0 Å². The molecule has 1 heterocycles. The number of hydrogen-bond acceptors (Lipinski definition) is 10. The summed E-state index contributed by atoms with van der Waals surface area (Å²) in [5.41, 5.74) is 0. The van der Waals surface area contributed by atoms with Crippen molar-refractivity contribution in [2.75, 3.05) is 19.8 Å². The quantitative estimate of drug-likeness (QED) is 0.0860. The molecule has 12 nitrogen and oxygen atoms in total. The van der Waals surface area contributed by atoms with Gasteiger partial charge in [0, 0.05) is 18.9 Å². The molecule has 1 aliphatic heterocycles. The van der Waals surface area contributed by atoms with Gasteiger partial charge in [-0.2, -0.15) is 0 Å². The van der Waals surface area contributed by atoms with Crippen molar-refractivity contribution < 1.29 is 49.7 Å². The van der Waals surface area contributed by atoms with E-state index in [2.05, 4.69) is 10.6 Å². The van der Waals surface area contributed by atoms with Crippen LogP contribution in [-0.2, 0) is 19.1 Å². The minimum absolute atomic E-state index is 0.223. The smallest absolute Gasteiger partial charge is 0.223 e. The Kier molecular flexibility index (Phi) is 18.8. The Labute approximate surface area is 256 Å². The van der Waals surface area contributed by atoms with Crippen molar-refractivity contribution in [3.63, 3.8) is 0 Å². The average molecular weight is 619 g/mol. The molecule has 2 rings (SSSR count). The second kappa shape index (κ2) is 21.4. The van der Waals surface area contributed by atoms with E-state index in [1.54, 1.807) is 6.92 Å². The number of carbonyl (C=O) groups is 2. The summed E-state index contributed by atoms with van der Waals surface area (Å²) in [6, 6.07) is -1.00. The molecule has 0 bridgehead atoms. The van der Waals surface area contributed by atoms with Crippen LogP contribution < -0.4 is 10.6 Å². The van der Waals surface area contributed by atoms with Crippen LogP contribution in [-0.4, -0.2) is 111 Å². The molecule has 8 N–H and O–H groups in total. The SMILES string of the molecule is CC[C@@H](O)[C@@H](O)[C@H](CO[C@H]1OC(CO)[C@H](O)C(O)C1O)NC(=O)CCCCCCCCCCCNC(=O)C1CCCCC1. The molecule has 1 aliphatic carbocycles. The summed E-state index contributed by atoms with van der Waals surface area (Å²) in [6.45, 7) is 1.51. The first-order chi connectivity index (χ1) is 20.7. The van der Waals surface area contributed by atoms with Gasteiger partial charge >= 0.3 is 0 Å². The van der Waals surface area contributed by atoms with E-state index in [-0.39, 0.29) is 37.2 Å². The average Bonchev–Trinajstić information content (AvgIpc) is 3.02. The maximum absolute atomic E-state index is 12.6. The van der Waals surface area contributed by atoms with Crippen molar-refractivity contribution >= 4 is 11.8 Å². The fourth-order valence-electron chi connectivity index (χ4n) is 5.79. The summed E-state index contributed by atoms with van der Waals surface area (Å²) in [7, 11) is 0. The lowest BCUT2D eigenvalue weighted by Crippen LogP contribution is -2.60. The summed E-state index contributed by atoms with van der Waals surface area (Å²) in [6.07, 6.45) is 5.67. The highest BCUT2D eigenvalue weighted by molar-refractivity contribution is 5.78. The van der Waals surface area contributed by atoms with Gasteiger partial charge in [0.1, 0.15) is 30.5 Å². The fourth-order valence-corrected chi connectivity index (χ4v) is 5.79. The van der Waals surface area contributed by atoms with E-state index in [1.807, 2.05) is 0 Å². The number of unbranched alkanes of at least 4 members (excludes halogenated alkanes) is 8. The summed E-state index contributed by atoms with van der Waals surface area (Å²) < 4.78 is 10.8. The van der Waals surface area contributed by atoms with Crippen molar-refractivity contribution in [1.82, 2.24) is 10.6 Å². The Balaban J connectivity index is 1.57. The molecular weight excluding hydrogens is 560 g/mol. The molecule has 252 valence electrons. The maximum Gasteiger partial charge on any atom is 0.223 e. The highest BCUT2D eigenvalue weighted by Crippen LogP contribution is 2.24. The van der Waals surface area contributed by atoms with Gasteiger partial charge in [0.15, 0.2) is 6.29 Å². The third-order valence-corrected chi connectivity index (χ3v) is 8.72. The molecule has 0 spiro atoms. The Morgan fingerprint density at radius 1 is 0.860 bits per heavy atom. The van der Waals surface area contributed by atoms with Gasteiger partial charge in [0.25, 0.3) is 0 Å². The van der Waals surface area contributed by atoms with Crippen LogP contribution in [0, 0.1) is 5.92 Å². The van der Waals surface area contributed by atoms with Crippen LogP contribution in [0.25, 0.3) is 0 Å². The molecule has 12 heteroatoms. The molecule has 0 radical (unpaired) electrons. The predicted octanol–water partition coefficient (Wildman–Crippen LogP) is 1.02. The van der Waals surface area contributed by atoms with Gasteiger partial charge in [-0.1, -0.05) is 71.1 Å². The van der Waals surface area contributed by atoms with Crippen LogP contribution >= 0.6 is 0 Å². The van der Waals surface area contributed by atoms with Crippen molar-refractivity contribution in [2.24, 2.45) is 5.92 Å². The second-order valence-corrected chi connectivity index (χ2v) is 12.2. The van der Waals surface area contributed by atoms with Gasteiger partial charge in [-0.25, -0.2) is 0 Å². The van der Waals surface area contributed by atoms with Crippen LogP contribution in [0.15, 0.2) is 0 Å². The minimum Gasteiger partial charge on any atom is -0.394 e. The molecule has 0 aromatic carbocycles. The number of ether oxygens (including phenoxy) is 2. The molecule has 8 atom stereocenters. The Morgan fingerprint density at radius 2 is 1.47 bits per heavy atom. The summed E-state index contributed by atoms with van der Waals surface area (Å²) >= 11 is 0. The molecule has 43 heavy (non-hydrogen) atoms. The lowest BCUT2D eigenvalue weighted by atomic mass is 9.88. The van der Waals surface area contributed by atoms with E-state index in [1.165, 1.54) is 19.3 Å². The number of nitrogens with one attached hydrogen (secondary N) is 2. The zero-order chi connectivity index (χ0) is 31.6. The molecule has 2 amide bonds. The zero-order valence-corrected chi connectivity index (χ0v) is 25.9. The zero-order valence-electron chi connectivity index (χ0n) is 25.9. The maximum atomic E-state index is 12.6. The number of aliphatic hydroxyl groups is 6. The lowest BCUT2D eigenvalue weighted by molar-refractivity contribution is -0.303. The Hall–Kier alpha value is -1.38. The van der Waals surface area contributed by atoms with E-state index in [0.717, 1.165) is 70.8 Å². The largest absolute Gasteiger partial charge is 0.394 e. The highest BCUT2D eigenvalue weighted by atomic mass is 16.7. The molecule has 1 saturated heterocycles. The predicted molar refractivity (Wildman–Crippen MR) is 160 cm³/mol. The molecular formula is C31H58N2O10. The summed E-state index contributed by atoms with van der Waals surface area (Å²) in [5, 5.41) is 65.9. The molecule has 1 saturated carbocycles. The number of aliphatic hydroxyl groups excluding tert-OH is 6. The Morgan fingerprint density at radius 3 is 2.07 bits per heavy atom. The first kappa shape index (κ1) is 37.8. The van der Waals surface area contributed by atoms with Gasteiger partial charge < -0.3 is 50.7 Å². The molecule has 3 unspecified atom stereocenters. The standard InChI is InChI=1S/C31H58N2O10/c1-2-23(35)26(37)22(20-42-31-29(40)28(39)27(38)24(19-34)43-31)33-25(36)17-13-8-6-4-3-5-7-9-14-18-32-30(41)21-15-11-10-12-16-21/h21-24,26-29,31,34-35,37-40H,2-20H2,1H3,(H,32,41)(H,33,36)/t22-,23+,24?,26-,27-,28?,29?,31-/m0/s1. The third-order valence-electron chi connectivity index (χ3n) is 8.72. The van der Waals surface area contributed by atoms with Gasteiger partial charge in [0.05, 0.1) is 25.4 Å². The molecule has 0 aromatic heterocycles. The van der Waals surface area contributed by atoms with Gasteiger partial charge in [-0.05, 0) is 32.1 Å². The highest BCUT2D eigenvalue weighted by Gasteiger charge is 2.44. The van der Waals surface area contributed by atoms with Gasteiger partial charge in [-0.15, -0.1) is 0 Å². The molecule has 0 aromatic rings. The van der Waals surface area contributed by atoms with E-state index in [4.69, 9.17) is 9.47 Å². The fraction of sp³-hybridized carbons (Fsp3) is 0.935. The van der Waals surface area contributed by atoms with Crippen molar-refractivity contribution in [3.05, 3.63) is 0 Å².